The van der Waals surface area contributed by atoms with Crippen molar-refractivity contribution in [3.05, 3.63) is 17.4 Å². The van der Waals surface area contributed by atoms with Crippen molar-refractivity contribution >= 4 is 11.3 Å². The van der Waals surface area contributed by atoms with Crippen LogP contribution >= 0.6 is 11.3 Å². The molecular formula is C11H15N5S. The summed E-state index contributed by atoms with van der Waals surface area (Å²) >= 11 is 1.66. The van der Waals surface area contributed by atoms with Crippen molar-refractivity contribution in [2.45, 2.75) is 31.7 Å². The summed E-state index contributed by atoms with van der Waals surface area (Å²) in [5.41, 5.74) is 1.02. The van der Waals surface area contributed by atoms with E-state index in [4.69, 9.17) is 0 Å². The first-order valence-corrected chi connectivity index (χ1v) is 6.78. The first kappa shape index (κ1) is 10.9. The lowest BCUT2D eigenvalue weighted by atomic mass is 10.3. The van der Waals surface area contributed by atoms with Crippen LogP contribution in [0.2, 0.25) is 0 Å². The van der Waals surface area contributed by atoms with E-state index in [0.717, 1.165) is 41.0 Å². The second-order valence-corrected chi connectivity index (χ2v) is 5.38. The number of nitrogens with one attached hydrogen (secondary N) is 2. The van der Waals surface area contributed by atoms with Crippen LogP contribution in [0.15, 0.2) is 12.4 Å². The third kappa shape index (κ3) is 2.89. The van der Waals surface area contributed by atoms with Crippen LogP contribution in [0, 0.1) is 0 Å². The topological polar surface area (TPSA) is 66.5 Å². The largest absolute Gasteiger partial charge is 0.314 e. The van der Waals surface area contributed by atoms with Crippen LogP contribution in [0.25, 0.3) is 10.6 Å². The number of H-pyrrole nitrogens is 1. The molecule has 1 fully saturated rings. The zero-order chi connectivity index (χ0) is 11.5. The molecule has 0 aliphatic heterocycles. The minimum Gasteiger partial charge on any atom is -0.314 e. The Balaban J connectivity index is 1.50. The van der Waals surface area contributed by atoms with Crippen LogP contribution in [-0.4, -0.2) is 33.0 Å². The molecule has 2 aromatic heterocycles. The quantitative estimate of drug-likeness (QED) is 0.763. The molecule has 0 saturated heterocycles. The van der Waals surface area contributed by atoms with Gasteiger partial charge in [-0.05, 0) is 25.8 Å². The van der Waals surface area contributed by atoms with Gasteiger partial charge in [0.15, 0.2) is 5.01 Å². The average Bonchev–Trinajstić information content (AvgIpc) is 2.84. The van der Waals surface area contributed by atoms with Gasteiger partial charge in [0.05, 0.1) is 11.8 Å². The SMILES string of the molecule is c1n[nH]cc1-c1nnc(CCCNC2CC2)s1. The third-order valence-electron chi connectivity index (χ3n) is 2.79. The standard InChI is InChI=1S/C11H15N5S/c1(5-12-9-3-4-9)2-10-15-16-11(17-10)8-6-13-14-7-8/h6-7,9,12H,1-5H2,(H,13,14). The molecule has 0 unspecified atom stereocenters. The Morgan fingerprint density at radius 1 is 1.41 bits per heavy atom. The molecule has 0 radical (unpaired) electrons. The molecule has 1 aliphatic carbocycles. The maximum Gasteiger partial charge on any atom is 0.150 e. The highest BCUT2D eigenvalue weighted by molar-refractivity contribution is 7.14. The lowest BCUT2D eigenvalue weighted by molar-refractivity contribution is 0.643. The fraction of sp³-hybridized carbons (Fsp3) is 0.545. The van der Waals surface area contributed by atoms with Crippen molar-refractivity contribution in [1.82, 2.24) is 25.7 Å². The van der Waals surface area contributed by atoms with Crippen molar-refractivity contribution in [3.63, 3.8) is 0 Å². The molecule has 5 nitrogen and oxygen atoms in total. The summed E-state index contributed by atoms with van der Waals surface area (Å²) in [7, 11) is 0. The van der Waals surface area contributed by atoms with Crippen LogP contribution in [0.5, 0.6) is 0 Å². The number of rotatable bonds is 6. The fourth-order valence-corrected chi connectivity index (χ4v) is 2.53. The first-order valence-electron chi connectivity index (χ1n) is 5.97. The Morgan fingerprint density at radius 3 is 3.12 bits per heavy atom. The molecule has 2 N–H and O–H groups in total. The molecule has 2 aromatic rings. The van der Waals surface area contributed by atoms with Crippen molar-refractivity contribution in [3.8, 4) is 10.6 Å². The molecule has 0 spiro atoms. The van der Waals surface area contributed by atoms with Crippen molar-refractivity contribution < 1.29 is 0 Å². The van der Waals surface area contributed by atoms with E-state index in [-0.39, 0.29) is 0 Å². The van der Waals surface area contributed by atoms with E-state index >= 15 is 0 Å². The molecular weight excluding hydrogens is 234 g/mol. The van der Waals surface area contributed by atoms with E-state index in [1.165, 1.54) is 12.8 Å². The summed E-state index contributed by atoms with van der Waals surface area (Å²) < 4.78 is 0. The minimum atomic E-state index is 0.797. The maximum atomic E-state index is 4.20. The number of aromatic amines is 1. The Hall–Kier alpha value is -1.27. The van der Waals surface area contributed by atoms with Crippen LogP contribution in [-0.2, 0) is 6.42 Å². The van der Waals surface area contributed by atoms with Gasteiger partial charge >= 0.3 is 0 Å². The van der Waals surface area contributed by atoms with Gasteiger partial charge in [-0.15, -0.1) is 10.2 Å². The van der Waals surface area contributed by atoms with E-state index in [9.17, 15) is 0 Å². The molecule has 2 heterocycles. The molecule has 6 heteroatoms. The molecule has 3 rings (SSSR count). The van der Waals surface area contributed by atoms with Crippen molar-refractivity contribution in [2.75, 3.05) is 6.54 Å². The highest BCUT2D eigenvalue weighted by atomic mass is 32.1. The van der Waals surface area contributed by atoms with Crippen molar-refractivity contribution in [2.24, 2.45) is 0 Å². The molecule has 1 aliphatic rings. The molecule has 0 bridgehead atoms. The van der Waals surface area contributed by atoms with Gasteiger partial charge in [-0.25, -0.2) is 0 Å². The molecule has 0 amide bonds. The van der Waals surface area contributed by atoms with E-state index in [0.29, 0.717) is 0 Å². The van der Waals surface area contributed by atoms with E-state index < -0.39 is 0 Å². The number of nitrogens with zero attached hydrogens (tertiary/aromatic N) is 3. The Bertz CT molecular complexity index is 460. The summed E-state index contributed by atoms with van der Waals surface area (Å²) in [5.74, 6) is 0. The van der Waals surface area contributed by atoms with Gasteiger partial charge in [0.2, 0.25) is 0 Å². The smallest absolute Gasteiger partial charge is 0.150 e. The minimum absolute atomic E-state index is 0.797. The third-order valence-corrected chi connectivity index (χ3v) is 3.82. The van der Waals surface area contributed by atoms with Crippen molar-refractivity contribution in [1.29, 1.82) is 0 Å². The zero-order valence-corrected chi connectivity index (χ0v) is 10.3. The monoisotopic (exact) mass is 249 g/mol. The number of hydrogen-bond acceptors (Lipinski definition) is 5. The van der Waals surface area contributed by atoms with Gasteiger partial charge in [0, 0.05) is 18.7 Å². The second kappa shape index (κ2) is 4.93. The van der Waals surface area contributed by atoms with Crippen LogP contribution < -0.4 is 5.32 Å². The average molecular weight is 249 g/mol. The Kier molecular flexibility index (Phi) is 3.15. The highest BCUT2D eigenvalue weighted by Gasteiger charge is 2.19. The van der Waals surface area contributed by atoms with E-state index in [2.05, 4.69) is 25.7 Å². The second-order valence-electron chi connectivity index (χ2n) is 4.32. The normalized spacial score (nSPS) is 15.3. The molecule has 90 valence electrons. The summed E-state index contributed by atoms with van der Waals surface area (Å²) in [6.45, 7) is 1.09. The number of hydrogen-bond donors (Lipinski definition) is 2. The van der Waals surface area contributed by atoms with Gasteiger partial charge in [-0.1, -0.05) is 11.3 Å². The van der Waals surface area contributed by atoms with E-state index in [1.807, 2.05) is 6.20 Å². The molecule has 0 aromatic carbocycles. The van der Waals surface area contributed by atoms with E-state index in [1.54, 1.807) is 17.5 Å². The summed E-state index contributed by atoms with van der Waals surface area (Å²) in [4.78, 5) is 0. The van der Waals surface area contributed by atoms with Crippen LogP contribution in [0.3, 0.4) is 0 Å². The van der Waals surface area contributed by atoms with Crippen LogP contribution in [0.1, 0.15) is 24.3 Å². The summed E-state index contributed by atoms with van der Waals surface area (Å²) in [6, 6.07) is 0.797. The van der Waals surface area contributed by atoms with Gasteiger partial charge in [0.1, 0.15) is 5.01 Å². The lowest BCUT2D eigenvalue weighted by Gasteiger charge is -1.99. The maximum absolute atomic E-state index is 4.20. The van der Waals surface area contributed by atoms with Crippen LogP contribution in [0.4, 0.5) is 0 Å². The Morgan fingerprint density at radius 2 is 2.35 bits per heavy atom. The first-order chi connectivity index (χ1) is 8.42. The summed E-state index contributed by atoms with van der Waals surface area (Å²) in [5, 5.41) is 20.6. The van der Waals surface area contributed by atoms with Gasteiger partial charge in [-0.3, -0.25) is 5.10 Å². The summed E-state index contributed by atoms with van der Waals surface area (Å²) in [6.07, 6.45) is 8.47. The molecule has 1 saturated carbocycles. The predicted octanol–water partition coefficient (Wildman–Crippen LogP) is 1.61. The molecule has 17 heavy (non-hydrogen) atoms. The number of aromatic nitrogens is 4. The fourth-order valence-electron chi connectivity index (χ4n) is 1.67. The molecule has 0 atom stereocenters. The lowest BCUT2D eigenvalue weighted by Crippen LogP contribution is -2.17. The van der Waals surface area contributed by atoms with Gasteiger partial charge < -0.3 is 5.32 Å². The predicted molar refractivity (Wildman–Crippen MR) is 66.8 cm³/mol. The highest BCUT2D eigenvalue weighted by Crippen LogP contribution is 2.23. The van der Waals surface area contributed by atoms with Gasteiger partial charge in [-0.2, -0.15) is 5.10 Å². The Labute approximate surface area is 104 Å². The van der Waals surface area contributed by atoms with Gasteiger partial charge in [0.25, 0.3) is 0 Å². The number of aryl methyl sites for hydroxylation is 1. The zero-order valence-electron chi connectivity index (χ0n) is 9.52.